The molecule has 3 N–H and O–H groups in total. The van der Waals surface area contributed by atoms with Crippen molar-refractivity contribution in [2.45, 2.75) is 19.8 Å². The van der Waals surface area contributed by atoms with Gasteiger partial charge in [-0.15, -0.1) is 0 Å². The number of hydrogen-bond donors (Lipinski definition) is 2. The molecule has 0 aliphatic heterocycles. The van der Waals surface area contributed by atoms with Crippen LogP contribution in [0.3, 0.4) is 0 Å². The lowest BCUT2D eigenvalue weighted by atomic mass is 9.98. The van der Waals surface area contributed by atoms with Gasteiger partial charge in [-0.25, -0.2) is 0 Å². The lowest BCUT2D eigenvalue weighted by Crippen LogP contribution is -2.25. The molecule has 3 nitrogen and oxygen atoms in total. The summed E-state index contributed by atoms with van der Waals surface area (Å²) in [5.41, 5.74) is 12.9. The fourth-order valence-electron chi connectivity index (χ4n) is 2.76. The third-order valence-corrected chi connectivity index (χ3v) is 3.69. The van der Waals surface area contributed by atoms with E-state index in [-0.39, 0.29) is 5.11 Å². The molecule has 0 radical (unpaired) electrons. The van der Waals surface area contributed by atoms with E-state index in [1.165, 1.54) is 21.9 Å². The molecule has 0 heterocycles. The van der Waals surface area contributed by atoms with E-state index in [2.05, 4.69) is 40.9 Å². The van der Waals surface area contributed by atoms with Crippen LogP contribution < -0.4 is 11.2 Å². The maximum atomic E-state index is 5.40. The summed E-state index contributed by atoms with van der Waals surface area (Å²) >= 11 is 4.77. The van der Waals surface area contributed by atoms with Gasteiger partial charge in [0, 0.05) is 5.56 Å². The molecule has 0 saturated heterocycles. The molecule has 0 spiro atoms. The fourth-order valence-corrected chi connectivity index (χ4v) is 2.81. The van der Waals surface area contributed by atoms with Gasteiger partial charge in [-0.1, -0.05) is 30.3 Å². The Hall–Kier alpha value is -1.94. The van der Waals surface area contributed by atoms with E-state index in [0.29, 0.717) is 0 Å². The van der Waals surface area contributed by atoms with Gasteiger partial charge in [0.1, 0.15) is 0 Å². The molecule has 0 atom stereocenters. The van der Waals surface area contributed by atoms with Crippen LogP contribution in [0.25, 0.3) is 10.8 Å². The molecule has 0 aromatic heterocycles. The zero-order valence-electron chi connectivity index (χ0n) is 10.7. The van der Waals surface area contributed by atoms with Gasteiger partial charge in [-0.3, -0.25) is 5.43 Å². The van der Waals surface area contributed by atoms with Crippen molar-refractivity contribution in [3.8, 4) is 0 Å². The first-order valence-corrected chi connectivity index (χ1v) is 6.71. The predicted molar refractivity (Wildman–Crippen MR) is 83.5 cm³/mol. The van der Waals surface area contributed by atoms with E-state index in [9.17, 15) is 0 Å². The van der Waals surface area contributed by atoms with E-state index in [1.807, 2.05) is 6.92 Å². The van der Waals surface area contributed by atoms with Crippen molar-refractivity contribution in [3.63, 3.8) is 0 Å². The highest BCUT2D eigenvalue weighted by Crippen LogP contribution is 2.32. The van der Waals surface area contributed by atoms with Gasteiger partial charge in [0.15, 0.2) is 5.11 Å². The first-order chi connectivity index (χ1) is 9.16. The predicted octanol–water partition coefficient (Wildman–Crippen LogP) is 2.50. The highest BCUT2D eigenvalue weighted by Gasteiger charge is 2.16. The summed E-state index contributed by atoms with van der Waals surface area (Å²) in [4.78, 5) is 0. The molecular weight excluding hydrogens is 254 g/mol. The van der Waals surface area contributed by atoms with Crippen molar-refractivity contribution in [3.05, 3.63) is 47.0 Å². The SMILES string of the molecule is C/C(=N\NC(N)=S)c1ccc2c3c(cccc13)CC2. The van der Waals surface area contributed by atoms with E-state index < -0.39 is 0 Å². The minimum Gasteiger partial charge on any atom is -0.375 e. The third-order valence-electron chi connectivity index (χ3n) is 3.60. The minimum atomic E-state index is 0.185. The summed E-state index contributed by atoms with van der Waals surface area (Å²) in [7, 11) is 0. The molecule has 1 aliphatic rings. The monoisotopic (exact) mass is 269 g/mol. The van der Waals surface area contributed by atoms with Gasteiger partial charge in [0.2, 0.25) is 0 Å². The van der Waals surface area contributed by atoms with Gasteiger partial charge in [0.05, 0.1) is 5.71 Å². The highest BCUT2D eigenvalue weighted by atomic mass is 32.1. The number of hydrazone groups is 1. The number of rotatable bonds is 2. The standard InChI is InChI=1S/C15H15N3S/c1-9(17-18-15(16)19)12-8-7-11-6-5-10-3-2-4-13(12)14(10)11/h2-4,7-8H,5-6H2,1H3,(H3,16,18,19)/b17-9+. The van der Waals surface area contributed by atoms with Crippen LogP contribution in [-0.2, 0) is 12.8 Å². The second-order valence-corrected chi connectivity index (χ2v) is 5.23. The van der Waals surface area contributed by atoms with Crippen molar-refractivity contribution in [1.29, 1.82) is 0 Å². The van der Waals surface area contributed by atoms with Crippen LogP contribution in [0.4, 0.5) is 0 Å². The van der Waals surface area contributed by atoms with Crippen LogP contribution in [-0.4, -0.2) is 10.8 Å². The van der Waals surface area contributed by atoms with Crippen LogP contribution in [0, 0.1) is 0 Å². The second-order valence-electron chi connectivity index (χ2n) is 4.79. The van der Waals surface area contributed by atoms with Gasteiger partial charge < -0.3 is 5.73 Å². The Kier molecular flexibility index (Phi) is 2.95. The Morgan fingerprint density at radius 3 is 2.68 bits per heavy atom. The average Bonchev–Trinajstić information content (AvgIpc) is 2.82. The van der Waals surface area contributed by atoms with Gasteiger partial charge >= 0.3 is 0 Å². The van der Waals surface area contributed by atoms with Crippen LogP contribution in [0.2, 0.25) is 0 Å². The summed E-state index contributed by atoms with van der Waals surface area (Å²) < 4.78 is 0. The van der Waals surface area contributed by atoms with Crippen molar-refractivity contribution in [1.82, 2.24) is 5.43 Å². The second kappa shape index (κ2) is 4.63. The van der Waals surface area contributed by atoms with Crippen molar-refractivity contribution in [2.75, 3.05) is 0 Å². The molecule has 96 valence electrons. The first kappa shape index (κ1) is 12.1. The van der Waals surface area contributed by atoms with E-state index in [4.69, 9.17) is 18.0 Å². The summed E-state index contributed by atoms with van der Waals surface area (Å²) in [6.45, 7) is 1.96. The molecule has 1 aliphatic carbocycles. The fraction of sp³-hybridized carbons (Fsp3) is 0.200. The summed E-state index contributed by atoms with van der Waals surface area (Å²) in [5.74, 6) is 0. The Balaban J connectivity index is 2.16. The molecule has 2 aromatic carbocycles. The maximum Gasteiger partial charge on any atom is 0.184 e. The number of benzene rings is 2. The average molecular weight is 269 g/mol. The van der Waals surface area contributed by atoms with Crippen molar-refractivity contribution >= 4 is 33.8 Å². The Morgan fingerprint density at radius 2 is 1.95 bits per heavy atom. The Labute approximate surface area is 117 Å². The molecule has 0 amide bonds. The normalized spacial score (nSPS) is 13.8. The zero-order chi connectivity index (χ0) is 13.4. The number of hydrogen-bond acceptors (Lipinski definition) is 2. The van der Waals surface area contributed by atoms with E-state index in [1.54, 1.807) is 0 Å². The Morgan fingerprint density at radius 1 is 1.21 bits per heavy atom. The minimum absolute atomic E-state index is 0.185. The molecule has 0 fully saturated rings. The molecule has 4 heteroatoms. The summed E-state index contributed by atoms with van der Waals surface area (Å²) in [6.07, 6.45) is 2.27. The van der Waals surface area contributed by atoms with Crippen LogP contribution in [0.1, 0.15) is 23.6 Å². The maximum absolute atomic E-state index is 5.40. The zero-order valence-corrected chi connectivity index (χ0v) is 11.6. The van der Waals surface area contributed by atoms with Gasteiger partial charge in [-0.05, 0) is 53.9 Å². The number of nitrogens with two attached hydrogens (primary N) is 1. The van der Waals surface area contributed by atoms with Crippen molar-refractivity contribution < 1.29 is 0 Å². The van der Waals surface area contributed by atoms with Crippen molar-refractivity contribution in [2.24, 2.45) is 10.8 Å². The molecule has 3 rings (SSSR count). The third kappa shape index (κ3) is 2.08. The summed E-state index contributed by atoms with van der Waals surface area (Å²) in [5, 5.41) is 7.07. The number of nitrogens with zero attached hydrogens (tertiary/aromatic N) is 1. The number of nitrogens with one attached hydrogen (secondary N) is 1. The molecule has 19 heavy (non-hydrogen) atoms. The smallest absolute Gasteiger partial charge is 0.184 e. The lowest BCUT2D eigenvalue weighted by molar-refractivity contribution is 1.02. The van der Waals surface area contributed by atoms with Gasteiger partial charge in [-0.2, -0.15) is 5.10 Å². The number of aryl methyl sites for hydroxylation is 2. The molecule has 0 saturated carbocycles. The van der Waals surface area contributed by atoms with Crippen LogP contribution in [0.15, 0.2) is 35.4 Å². The number of thiocarbonyl (C=S) groups is 1. The Bertz CT molecular complexity index is 694. The van der Waals surface area contributed by atoms with Gasteiger partial charge in [0.25, 0.3) is 0 Å². The molecule has 0 bridgehead atoms. The van der Waals surface area contributed by atoms with E-state index >= 15 is 0 Å². The van der Waals surface area contributed by atoms with Crippen LogP contribution >= 0.6 is 12.2 Å². The topological polar surface area (TPSA) is 50.4 Å². The quantitative estimate of drug-likeness (QED) is 0.500. The summed E-state index contributed by atoms with van der Waals surface area (Å²) in [6, 6.07) is 10.8. The lowest BCUT2D eigenvalue weighted by Gasteiger charge is -2.09. The van der Waals surface area contributed by atoms with E-state index in [0.717, 1.165) is 24.1 Å². The van der Waals surface area contributed by atoms with Crippen LogP contribution in [0.5, 0.6) is 0 Å². The largest absolute Gasteiger partial charge is 0.375 e. The molecule has 2 aromatic rings. The molecule has 0 unspecified atom stereocenters. The highest BCUT2D eigenvalue weighted by molar-refractivity contribution is 7.80. The molecular formula is C15H15N3S. The first-order valence-electron chi connectivity index (χ1n) is 6.30.